The third-order valence-corrected chi connectivity index (χ3v) is 4.29. The Morgan fingerprint density at radius 3 is 2.46 bits per heavy atom. The largest absolute Gasteiger partial charge is 0.494 e. The Morgan fingerprint density at radius 1 is 1.19 bits per heavy atom. The highest BCUT2D eigenvalue weighted by atomic mass is 16.5. The van der Waals surface area contributed by atoms with Gasteiger partial charge in [0.2, 0.25) is 0 Å². The van der Waals surface area contributed by atoms with E-state index in [0.29, 0.717) is 5.92 Å². The van der Waals surface area contributed by atoms with Crippen molar-refractivity contribution in [2.75, 3.05) is 13.7 Å². The minimum absolute atomic E-state index is 0.142. The van der Waals surface area contributed by atoms with Gasteiger partial charge in [-0.15, -0.1) is 5.92 Å². The Bertz CT molecular complexity index is 628. The molecule has 0 radical (unpaired) electrons. The average Bonchev–Trinajstić information content (AvgIpc) is 2.61. The number of benzene rings is 1. The number of allylic oxidation sites excluding steroid dienone is 2. The number of esters is 1. The molecule has 26 heavy (non-hydrogen) atoms. The Hall–Kier alpha value is -2.21. The van der Waals surface area contributed by atoms with Crippen LogP contribution in [0.1, 0.15) is 64.9 Å². The van der Waals surface area contributed by atoms with Gasteiger partial charge in [0.25, 0.3) is 0 Å². The number of hydrogen-bond acceptors (Lipinski definition) is 3. The van der Waals surface area contributed by atoms with Gasteiger partial charge in [-0.2, -0.15) is 0 Å². The van der Waals surface area contributed by atoms with Gasteiger partial charge >= 0.3 is 5.97 Å². The van der Waals surface area contributed by atoms with Crippen molar-refractivity contribution in [2.24, 2.45) is 5.92 Å². The maximum absolute atomic E-state index is 11.5. The number of hydrogen-bond donors (Lipinski definition) is 0. The molecule has 3 heteroatoms. The predicted molar refractivity (Wildman–Crippen MR) is 107 cm³/mol. The lowest BCUT2D eigenvalue weighted by molar-refractivity contribution is -0.140. The normalized spacial score (nSPS) is 12.3. The molecule has 3 nitrogen and oxygen atoms in total. The number of carbonyl (C=O) groups excluding carboxylic acids is 1. The third kappa shape index (κ3) is 8.76. The molecule has 1 rings (SSSR count). The van der Waals surface area contributed by atoms with Crippen LogP contribution in [0.2, 0.25) is 0 Å². The summed E-state index contributed by atoms with van der Waals surface area (Å²) in [5, 5.41) is 0. The molecule has 0 N–H and O–H groups in total. The second kappa shape index (κ2) is 12.2. The molecule has 142 valence electrons. The number of carbonyl (C=O) groups is 1. The average molecular weight is 357 g/mol. The topological polar surface area (TPSA) is 35.5 Å². The summed E-state index contributed by atoms with van der Waals surface area (Å²) in [6.07, 6.45) is 5.93. The van der Waals surface area contributed by atoms with Crippen LogP contribution >= 0.6 is 0 Å². The maximum Gasteiger partial charge on any atom is 0.307 e. The predicted octanol–water partition coefficient (Wildman–Crippen LogP) is 5.51. The zero-order valence-electron chi connectivity index (χ0n) is 16.8. The Kier molecular flexibility index (Phi) is 10.2. The summed E-state index contributed by atoms with van der Waals surface area (Å²) >= 11 is 0. The highest BCUT2D eigenvalue weighted by Crippen LogP contribution is 2.23. The van der Waals surface area contributed by atoms with Crippen LogP contribution in [-0.4, -0.2) is 19.7 Å². The number of rotatable bonds is 10. The minimum atomic E-state index is -0.250. The molecule has 0 saturated carbocycles. The van der Waals surface area contributed by atoms with E-state index >= 15 is 0 Å². The summed E-state index contributed by atoms with van der Waals surface area (Å²) in [7, 11) is 1.40. The van der Waals surface area contributed by atoms with Gasteiger partial charge in [-0.25, -0.2) is 0 Å². The van der Waals surface area contributed by atoms with Crippen molar-refractivity contribution in [1.82, 2.24) is 0 Å². The third-order valence-electron chi connectivity index (χ3n) is 4.29. The first-order valence-corrected chi connectivity index (χ1v) is 9.31. The molecular formula is C23H32O3. The summed E-state index contributed by atoms with van der Waals surface area (Å²) in [4.78, 5) is 11.5. The molecule has 1 aromatic rings. The van der Waals surface area contributed by atoms with E-state index in [9.17, 15) is 4.79 Å². The Morgan fingerprint density at radius 2 is 1.88 bits per heavy atom. The highest BCUT2D eigenvalue weighted by molar-refractivity contribution is 5.71. The van der Waals surface area contributed by atoms with E-state index in [4.69, 9.17) is 9.47 Å². The smallest absolute Gasteiger partial charge is 0.307 e. The van der Waals surface area contributed by atoms with Gasteiger partial charge in [0.05, 0.1) is 26.1 Å². The molecule has 0 aliphatic carbocycles. The summed E-state index contributed by atoms with van der Waals surface area (Å²) in [5.74, 6) is 7.07. The van der Waals surface area contributed by atoms with Gasteiger partial charge in [0.1, 0.15) is 5.75 Å². The highest BCUT2D eigenvalue weighted by Gasteiger charge is 2.14. The van der Waals surface area contributed by atoms with Crippen LogP contribution in [0.15, 0.2) is 35.9 Å². The summed E-state index contributed by atoms with van der Waals surface area (Å²) < 4.78 is 10.6. The van der Waals surface area contributed by atoms with Crippen LogP contribution < -0.4 is 4.74 Å². The van der Waals surface area contributed by atoms with E-state index in [1.54, 1.807) is 6.92 Å². The molecule has 0 spiro atoms. The quantitative estimate of drug-likeness (QED) is 0.315. The minimum Gasteiger partial charge on any atom is -0.494 e. The van der Waals surface area contributed by atoms with Crippen LogP contribution in [0.4, 0.5) is 0 Å². The zero-order chi connectivity index (χ0) is 19.4. The van der Waals surface area contributed by atoms with Gasteiger partial charge in [-0.3, -0.25) is 4.79 Å². The lowest BCUT2D eigenvalue weighted by Crippen LogP contribution is -2.07. The number of methoxy groups -OCH3 is 1. The zero-order valence-corrected chi connectivity index (χ0v) is 16.8. The van der Waals surface area contributed by atoms with Crippen molar-refractivity contribution >= 4 is 5.97 Å². The summed E-state index contributed by atoms with van der Waals surface area (Å²) in [5.41, 5.74) is 2.39. The molecule has 0 aliphatic heterocycles. The monoisotopic (exact) mass is 356 g/mol. The van der Waals surface area contributed by atoms with E-state index in [-0.39, 0.29) is 18.3 Å². The van der Waals surface area contributed by atoms with E-state index in [1.807, 2.05) is 24.3 Å². The van der Waals surface area contributed by atoms with Crippen LogP contribution in [-0.2, 0) is 9.53 Å². The molecule has 0 fully saturated rings. The van der Waals surface area contributed by atoms with E-state index < -0.39 is 0 Å². The van der Waals surface area contributed by atoms with Crippen molar-refractivity contribution in [2.45, 2.75) is 59.3 Å². The Labute approximate surface area is 158 Å². The van der Waals surface area contributed by atoms with Crippen molar-refractivity contribution < 1.29 is 14.3 Å². The second-order valence-corrected chi connectivity index (χ2v) is 6.90. The van der Waals surface area contributed by atoms with Crippen molar-refractivity contribution in [3.05, 3.63) is 41.5 Å². The van der Waals surface area contributed by atoms with Gasteiger partial charge in [0.15, 0.2) is 0 Å². The van der Waals surface area contributed by atoms with Gasteiger partial charge in [0, 0.05) is 0 Å². The first-order chi connectivity index (χ1) is 12.5. The van der Waals surface area contributed by atoms with Crippen LogP contribution in [0, 0.1) is 17.8 Å². The molecule has 0 aromatic heterocycles. The van der Waals surface area contributed by atoms with Crippen molar-refractivity contribution in [3.63, 3.8) is 0 Å². The first kappa shape index (κ1) is 21.8. The molecule has 1 aromatic carbocycles. The second-order valence-electron chi connectivity index (χ2n) is 6.90. The molecule has 0 bridgehead atoms. The fourth-order valence-electron chi connectivity index (χ4n) is 2.65. The lowest BCUT2D eigenvalue weighted by atomic mass is 9.96. The summed E-state index contributed by atoms with van der Waals surface area (Å²) in [6, 6.07) is 7.85. The molecule has 0 aliphatic rings. The summed E-state index contributed by atoms with van der Waals surface area (Å²) in [6.45, 7) is 9.04. The van der Waals surface area contributed by atoms with E-state index in [0.717, 1.165) is 30.8 Å². The van der Waals surface area contributed by atoms with Crippen molar-refractivity contribution in [1.29, 1.82) is 0 Å². The molecule has 0 unspecified atom stereocenters. The standard InChI is InChI=1S/C23H32O3/c1-6-8-21(17-23(24)25-5)20-11-13-22(14-12-20)26-16-15-19(4)10-7-9-18(2)3/h9,11-14,19,21H,7,10,15-17H2,1-5H3/t19-,21-/m0/s1. The maximum atomic E-state index is 11.5. The lowest BCUT2D eigenvalue weighted by Gasteiger charge is -2.13. The molecular weight excluding hydrogens is 324 g/mol. The van der Waals surface area contributed by atoms with Gasteiger partial charge in [-0.1, -0.05) is 36.6 Å². The molecule has 0 saturated heterocycles. The van der Waals surface area contributed by atoms with Crippen LogP contribution in [0.25, 0.3) is 0 Å². The fourth-order valence-corrected chi connectivity index (χ4v) is 2.65. The SMILES string of the molecule is CC#C[C@@H](CC(=O)OC)c1ccc(OCC[C@@H](C)CCC=C(C)C)cc1. The van der Waals surface area contributed by atoms with E-state index in [1.165, 1.54) is 19.1 Å². The number of ether oxygens (including phenoxy) is 2. The van der Waals surface area contributed by atoms with Crippen molar-refractivity contribution in [3.8, 4) is 17.6 Å². The first-order valence-electron chi connectivity index (χ1n) is 9.31. The van der Waals surface area contributed by atoms with Crippen LogP contribution in [0.5, 0.6) is 5.75 Å². The molecule has 0 heterocycles. The Balaban J connectivity index is 2.49. The molecule has 2 atom stereocenters. The van der Waals surface area contributed by atoms with Gasteiger partial charge in [-0.05, 0) is 63.6 Å². The van der Waals surface area contributed by atoms with Gasteiger partial charge < -0.3 is 9.47 Å². The van der Waals surface area contributed by atoms with Crippen LogP contribution in [0.3, 0.4) is 0 Å². The fraction of sp³-hybridized carbons (Fsp3) is 0.522. The van der Waals surface area contributed by atoms with E-state index in [2.05, 4.69) is 38.7 Å². The molecule has 0 amide bonds.